The van der Waals surface area contributed by atoms with E-state index in [9.17, 15) is 18.0 Å². The van der Waals surface area contributed by atoms with E-state index in [-0.39, 0.29) is 23.8 Å². The molecule has 3 rings (SSSR count). The molecule has 0 aliphatic rings. The number of benzene rings is 3. The molecule has 0 radical (unpaired) electrons. The fourth-order valence-corrected chi connectivity index (χ4v) is 3.94. The number of carbonyl (C=O) groups excluding carboxylic acids is 2. The maximum absolute atomic E-state index is 12.5. The normalized spacial score (nSPS) is 11.0. The van der Waals surface area contributed by atoms with Crippen molar-refractivity contribution in [3.05, 3.63) is 95.1 Å². The minimum Gasteiger partial charge on any atom is -0.484 e. The highest BCUT2D eigenvalue weighted by Crippen LogP contribution is 2.16. The molecule has 7 nitrogen and oxygen atoms in total. The van der Waals surface area contributed by atoms with Crippen molar-refractivity contribution in [1.82, 2.24) is 10.0 Å². The van der Waals surface area contributed by atoms with Crippen LogP contribution in [0, 0.1) is 13.8 Å². The van der Waals surface area contributed by atoms with E-state index in [0.29, 0.717) is 12.3 Å². The summed E-state index contributed by atoms with van der Waals surface area (Å²) in [6, 6.07) is 20.6. The molecule has 0 bridgehead atoms. The fourth-order valence-electron chi connectivity index (χ4n) is 2.96. The second-order valence-corrected chi connectivity index (χ2v) is 9.40. The number of hydrogen-bond donors (Lipinski definition) is 2. The Morgan fingerprint density at radius 3 is 1.88 bits per heavy atom. The summed E-state index contributed by atoms with van der Waals surface area (Å²) in [7, 11) is -4.01. The van der Waals surface area contributed by atoms with Gasteiger partial charge >= 0.3 is 0 Å². The van der Waals surface area contributed by atoms with E-state index in [0.717, 1.165) is 22.3 Å². The van der Waals surface area contributed by atoms with Crippen LogP contribution in [0.4, 0.5) is 0 Å². The van der Waals surface area contributed by atoms with Crippen LogP contribution in [-0.4, -0.2) is 26.8 Å². The molecule has 0 saturated heterocycles. The summed E-state index contributed by atoms with van der Waals surface area (Å²) < 4.78 is 32.4. The molecule has 0 unspecified atom stereocenters. The number of ether oxygens (including phenoxy) is 1. The van der Waals surface area contributed by atoms with E-state index in [1.54, 1.807) is 12.1 Å². The lowest BCUT2D eigenvalue weighted by Crippen LogP contribution is -2.31. The Kier molecular flexibility index (Phi) is 7.84. The van der Waals surface area contributed by atoms with Gasteiger partial charge in [-0.2, -0.15) is 0 Å². The zero-order valence-electron chi connectivity index (χ0n) is 18.5. The predicted molar refractivity (Wildman–Crippen MR) is 125 cm³/mol. The molecule has 172 valence electrons. The number of hydrogen-bond acceptors (Lipinski definition) is 5. The maximum atomic E-state index is 12.5. The van der Waals surface area contributed by atoms with Crippen molar-refractivity contribution >= 4 is 21.8 Å². The van der Waals surface area contributed by atoms with Crippen molar-refractivity contribution in [2.45, 2.75) is 31.7 Å². The molecule has 3 aromatic carbocycles. The molecule has 0 fully saturated rings. The molecule has 0 spiro atoms. The first-order valence-corrected chi connectivity index (χ1v) is 11.9. The number of rotatable bonds is 9. The molecule has 0 aromatic heterocycles. The molecule has 0 atom stereocenters. The zero-order chi connectivity index (χ0) is 23.8. The minimum absolute atomic E-state index is 0.0432. The molecular formula is C25H26N2O5S. The first-order valence-electron chi connectivity index (χ1n) is 10.4. The van der Waals surface area contributed by atoms with Crippen LogP contribution in [0.2, 0.25) is 0 Å². The van der Waals surface area contributed by atoms with Crippen LogP contribution in [0.5, 0.6) is 5.75 Å². The van der Waals surface area contributed by atoms with Gasteiger partial charge in [-0.3, -0.25) is 9.59 Å². The Morgan fingerprint density at radius 1 is 0.758 bits per heavy atom. The van der Waals surface area contributed by atoms with E-state index in [1.807, 2.05) is 50.2 Å². The van der Waals surface area contributed by atoms with Crippen molar-refractivity contribution in [3.8, 4) is 5.75 Å². The van der Waals surface area contributed by atoms with Gasteiger partial charge in [0.2, 0.25) is 5.91 Å². The Bertz CT molecular complexity index is 1200. The van der Waals surface area contributed by atoms with Crippen molar-refractivity contribution in [2.24, 2.45) is 0 Å². The van der Waals surface area contributed by atoms with Gasteiger partial charge in [-0.25, -0.2) is 13.1 Å². The Balaban J connectivity index is 1.48. The lowest BCUT2D eigenvalue weighted by Gasteiger charge is -2.10. The molecule has 3 aromatic rings. The lowest BCUT2D eigenvalue weighted by molar-refractivity contribution is -0.123. The molecule has 8 heteroatoms. The average Bonchev–Trinajstić information content (AvgIpc) is 2.79. The highest BCUT2D eigenvalue weighted by Gasteiger charge is 2.18. The maximum Gasteiger partial charge on any atom is 0.264 e. The summed E-state index contributed by atoms with van der Waals surface area (Å²) in [4.78, 5) is 24.1. The van der Waals surface area contributed by atoms with Crippen LogP contribution in [0.1, 0.15) is 22.3 Å². The number of sulfonamides is 1. The van der Waals surface area contributed by atoms with Gasteiger partial charge in [0.05, 0.1) is 11.3 Å². The third kappa shape index (κ3) is 7.47. The lowest BCUT2D eigenvalue weighted by atomic mass is 10.1. The van der Waals surface area contributed by atoms with Gasteiger partial charge in [0, 0.05) is 6.54 Å². The first kappa shape index (κ1) is 24.0. The Labute approximate surface area is 193 Å². The van der Waals surface area contributed by atoms with Gasteiger partial charge in [0.1, 0.15) is 5.75 Å². The number of carbonyl (C=O) groups is 2. The SMILES string of the molecule is Cc1ccc(CNC(=O)COc2ccc(S(=O)(=O)NC(=O)Cc3ccc(C)cc3)cc2)cc1. The van der Waals surface area contributed by atoms with E-state index >= 15 is 0 Å². The molecule has 2 N–H and O–H groups in total. The van der Waals surface area contributed by atoms with Crippen LogP contribution in [-0.2, 0) is 32.6 Å². The van der Waals surface area contributed by atoms with Crippen LogP contribution >= 0.6 is 0 Å². The molecule has 0 aliphatic carbocycles. The van der Waals surface area contributed by atoms with Crippen molar-refractivity contribution in [1.29, 1.82) is 0 Å². The highest BCUT2D eigenvalue weighted by atomic mass is 32.2. The van der Waals surface area contributed by atoms with Crippen LogP contribution in [0.3, 0.4) is 0 Å². The molecule has 0 heterocycles. The third-order valence-corrected chi connectivity index (χ3v) is 6.24. The Hall–Kier alpha value is -3.65. The van der Waals surface area contributed by atoms with Gasteiger partial charge in [-0.05, 0) is 49.2 Å². The van der Waals surface area contributed by atoms with Crippen molar-refractivity contribution in [2.75, 3.05) is 6.61 Å². The van der Waals surface area contributed by atoms with Gasteiger partial charge in [-0.1, -0.05) is 59.7 Å². The van der Waals surface area contributed by atoms with Gasteiger partial charge < -0.3 is 10.1 Å². The smallest absolute Gasteiger partial charge is 0.264 e. The van der Waals surface area contributed by atoms with Crippen LogP contribution < -0.4 is 14.8 Å². The summed E-state index contributed by atoms with van der Waals surface area (Å²) in [5, 5.41) is 2.76. The summed E-state index contributed by atoms with van der Waals surface area (Å²) >= 11 is 0. The van der Waals surface area contributed by atoms with Gasteiger partial charge in [0.15, 0.2) is 6.61 Å². The molecule has 0 aliphatic heterocycles. The van der Waals surface area contributed by atoms with Crippen LogP contribution in [0.15, 0.2) is 77.7 Å². The number of aryl methyl sites for hydroxylation is 2. The van der Waals surface area contributed by atoms with E-state index in [1.165, 1.54) is 24.3 Å². The highest BCUT2D eigenvalue weighted by molar-refractivity contribution is 7.90. The average molecular weight is 467 g/mol. The van der Waals surface area contributed by atoms with Crippen LogP contribution in [0.25, 0.3) is 0 Å². The van der Waals surface area contributed by atoms with Gasteiger partial charge in [0.25, 0.3) is 15.9 Å². The molecule has 2 amide bonds. The number of amides is 2. The molecule has 0 saturated carbocycles. The van der Waals surface area contributed by atoms with E-state index in [2.05, 4.69) is 10.0 Å². The van der Waals surface area contributed by atoms with Gasteiger partial charge in [-0.15, -0.1) is 0 Å². The fraction of sp³-hybridized carbons (Fsp3) is 0.200. The summed E-state index contributed by atoms with van der Waals surface area (Å²) in [6.07, 6.45) is -0.0432. The predicted octanol–water partition coefficient (Wildman–Crippen LogP) is 3.05. The summed E-state index contributed by atoms with van der Waals surface area (Å²) in [5.41, 5.74) is 3.90. The zero-order valence-corrected chi connectivity index (χ0v) is 19.3. The molecular weight excluding hydrogens is 440 g/mol. The monoisotopic (exact) mass is 466 g/mol. The second-order valence-electron chi connectivity index (χ2n) is 7.71. The van der Waals surface area contributed by atoms with Crippen molar-refractivity contribution in [3.63, 3.8) is 0 Å². The summed E-state index contributed by atoms with van der Waals surface area (Å²) in [5.74, 6) is -0.578. The number of nitrogens with one attached hydrogen (secondary N) is 2. The third-order valence-electron chi connectivity index (χ3n) is 4.85. The topological polar surface area (TPSA) is 102 Å². The Morgan fingerprint density at radius 2 is 1.30 bits per heavy atom. The van der Waals surface area contributed by atoms with E-state index in [4.69, 9.17) is 4.74 Å². The minimum atomic E-state index is -4.01. The molecule has 33 heavy (non-hydrogen) atoms. The van der Waals surface area contributed by atoms with Crippen molar-refractivity contribution < 1.29 is 22.7 Å². The quantitative estimate of drug-likeness (QED) is 0.505. The standard InChI is InChI=1S/C25H26N2O5S/c1-18-3-7-20(8-4-18)15-24(28)27-33(30,31)23-13-11-22(12-14-23)32-17-25(29)26-16-21-9-5-19(2)6-10-21/h3-14H,15-17H2,1-2H3,(H,26,29)(H,27,28). The summed E-state index contributed by atoms with van der Waals surface area (Å²) in [6.45, 7) is 4.11. The second kappa shape index (κ2) is 10.8. The first-order chi connectivity index (χ1) is 15.7. The largest absolute Gasteiger partial charge is 0.484 e. The van der Waals surface area contributed by atoms with E-state index < -0.39 is 15.9 Å².